The van der Waals surface area contributed by atoms with E-state index in [9.17, 15) is 8.42 Å². The molecule has 2 N–H and O–H groups in total. The minimum atomic E-state index is -3.48. The van der Waals surface area contributed by atoms with E-state index in [1.165, 1.54) is 4.31 Å². The normalized spacial score (nSPS) is 15.6. The summed E-state index contributed by atoms with van der Waals surface area (Å²) in [6.45, 7) is 6.40. The summed E-state index contributed by atoms with van der Waals surface area (Å²) in [7, 11) is -3.48. The lowest BCUT2D eigenvalue weighted by molar-refractivity contribution is 0.214. The van der Waals surface area contributed by atoms with Crippen LogP contribution in [0.25, 0.3) is 0 Å². The lowest BCUT2D eigenvalue weighted by Crippen LogP contribution is -2.53. The zero-order valence-corrected chi connectivity index (χ0v) is 12.1. The van der Waals surface area contributed by atoms with Crippen molar-refractivity contribution in [2.75, 3.05) is 13.1 Å². The number of hydrogen-bond acceptors (Lipinski definition) is 3. The molecule has 0 aliphatic rings. The van der Waals surface area contributed by atoms with Crippen molar-refractivity contribution in [1.82, 2.24) is 4.31 Å². The van der Waals surface area contributed by atoms with E-state index >= 15 is 0 Å². The Kier molecular flexibility index (Phi) is 4.90. The molecule has 0 aromatic heterocycles. The largest absolute Gasteiger partial charge is 0.329 e. The molecule has 0 aliphatic carbocycles. The first-order chi connectivity index (χ1) is 8.42. The van der Waals surface area contributed by atoms with E-state index in [-0.39, 0.29) is 0 Å². The van der Waals surface area contributed by atoms with Crippen LogP contribution in [0.15, 0.2) is 35.2 Å². The highest BCUT2D eigenvalue weighted by Gasteiger charge is 2.37. The molecule has 1 aromatic carbocycles. The number of likely N-dealkylation sites (N-methyl/N-ethyl adjacent to an activating group) is 1. The van der Waals surface area contributed by atoms with Crippen molar-refractivity contribution in [3.63, 3.8) is 0 Å². The van der Waals surface area contributed by atoms with Gasteiger partial charge in [-0.05, 0) is 25.5 Å². The maximum Gasteiger partial charge on any atom is 0.243 e. The van der Waals surface area contributed by atoms with Crippen LogP contribution in [-0.2, 0) is 10.0 Å². The van der Waals surface area contributed by atoms with Crippen molar-refractivity contribution in [3.8, 4) is 0 Å². The van der Waals surface area contributed by atoms with E-state index in [2.05, 4.69) is 0 Å². The quantitative estimate of drug-likeness (QED) is 0.857. The average molecular weight is 270 g/mol. The molecule has 102 valence electrons. The van der Waals surface area contributed by atoms with Gasteiger partial charge in [0.15, 0.2) is 0 Å². The van der Waals surface area contributed by atoms with Crippen LogP contribution in [0.3, 0.4) is 0 Å². The van der Waals surface area contributed by atoms with Gasteiger partial charge in [-0.1, -0.05) is 32.0 Å². The molecule has 0 heterocycles. The fourth-order valence-corrected chi connectivity index (χ4v) is 3.86. The molecule has 0 radical (unpaired) electrons. The molecular formula is C13H22N2O2S. The van der Waals surface area contributed by atoms with Gasteiger partial charge in [-0.2, -0.15) is 4.31 Å². The van der Waals surface area contributed by atoms with E-state index in [4.69, 9.17) is 5.73 Å². The fourth-order valence-electron chi connectivity index (χ4n) is 1.98. The Morgan fingerprint density at radius 1 is 1.22 bits per heavy atom. The van der Waals surface area contributed by atoms with E-state index in [0.717, 1.165) is 0 Å². The minimum Gasteiger partial charge on any atom is -0.329 e. The van der Waals surface area contributed by atoms with Gasteiger partial charge in [0.1, 0.15) is 0 Å². The van der Waals surface area contributed by atoms with Gasteiger partial charge in [-0.15, -0.1) is 0 Å². The molecule has 0 aliphatic heterocycles. The van der Waals surface area contributed by atoms with E-state index < -0.39 is 15.6 Å². The lowest BCUT2D eigenvalue weighted by atomic mass is 9.99. The predicted octanol–water partition coefficient (Wildman–Crippen LogP) is 1.82. The summed E-state index contributed by atoms with van der Waals surface area (Å²) in [5.74, 6) is 0. The highest BCUT2D eigenvalue weighted by Crippen LogP contribution is 2.26. The number of nitrogens with two attached hydrogens (primary N) is 1. The lowest BCUT2D eigenvalue weighted by Gasteiger charge is -2.38. The van der Waals surface area contributed by atoms with Crippen molar-refractivity contribution in [2.45, 2.75) is 37.6 Å². The van der Waals surface area contributed by atoms with Gasteiger partial charge in [-0.3, -0.25) is 0 Å². The molecule has 1 rings (SSSR count). The van der Waals surface area contributed by atoms with Crippen molar-refractivity contribution in [3.05, 3.63) is 30.3 Å². The Morgan fingerprint density at radius 2 is 1.78 bits per heavy atom. The number of sulfonamides is 1. The molecule has 1 unspecified atom stereocenters. The zero-order valence-electron chi connectivity index (χ0n) is 11.3. The first-order valence-electron chi connectivity index (χ1n) is 6.20. The first-order valence-corrected chi connectivity index (χ1v) is 7.64. The molecule has 4 nitrogen and oxygen atoms in total. The van der Waals surface area contributed by atoms with Crippen molar-refractivity contribution < 1.29 is 8.42 Å². The average Bonchev–Trinajstić information content (AvgIpc) is 2.40. The van der Waals surface area contributed by atoms with Gasteiger partial charge in [0, 0.05) is 18.6 Å². The fraction of sp³-hybridized carbons (Fsp3) is 0.538. The zero-order chi connectivity index (χ0) is 13.8. The van der Waals surface area contributed by atoms with Crippen molar-refractivity contribution >= 4 is 10.0 Å². The second kappa shape index (κ2) is 5.82. The van der Waals surface area contributed by atoms with Crippen LogP contribution < -0.4 is 5.73 Å². The van der Waals surface area contributed by atoms with Crippen LogP contribution in [0.4, 0.5) is 0 Å². The summed E-state index contributed by atoms with van der Waals surface area (Å²) in [4.78, 5) is 0.319. The summed E-state index contributed by atoms with van der Waals surface area (Å²) in [5, 5.41) is 0. The maximum atomic E-state index is 12.6. The van der Waals surface area contributed by atoms with E-state index in [0.29, 0.717) is 24.4 Å². The van der Waals surface area contributed by atoms with Crippen molar-refractivity contribution in [1.29, 1.82) is 0 Å². The number of rotatable bonds is 6. The maximum absolute atomic E-state index is 12.6. The predicted molar refractivity (Wildman–Crippen MR) is 73.8 cm³/mol. The van der Waals surface area contributed by atoms with Crippen LogP contribution in [0.2, 0.25) is 0 Å². The molecular weight excluding hydrogens is 248 g/mol. The summed E-state index contributed by atoms with van der Waals surface area (Å²) >= 11 is 0. The van der Waals surface area contributed by atoms with Gasteiger partial charge < -0.3 is 5.73 Å². The third kappa shape index (κ3) is 2.74. The van der Waals surface area contributed by atoms with Crippen molar-refractivity contribution in [2.24, 2.45) is 5.73 Å². The molecule has 0 amide bonds. The SMILES string of the molecule is CCN(C(C)(CC)CN)S(=O)(=O)c1ccccc1. The number of benzene rings is 1. The van der Waals surface area contributed by atoms with Crippen LogP contribution in [0, 0.1) is 0 Å². The Morgan fingerprint density at radius 3 is 2.17 bits per heavy atom. The number of hydrogen-bond donors (Lipinski definition) is 1. The molecule has 0 fully saturated rings. The van der Waals surface area contributed by atoms with Crippen LogP contribution >= 0.6 is 0 Å². The van der Waals surface area contributed by atoms with Crippen LogP contribution in [0.1, 0.15) is 27.2 Å². The van der Waals surface area contributed by atoms with Crippen LogP contribution in [0.5, 0.6) is 0 Å². The first kappa shape index (κ1) is 15.1. The van der Waals surface area contributed by atoms with Gasteiger partial charge >= 0.3 is 0 Å². The van der Waals surface area contributed by atoms with Crippen LogP contribution in [-0.4, -0.2) is 31.4 Å². The molecule has 1 atom stereocenters. The summed E-state index contributed by atoms with van der Waals surface area (Å²) < 4.78 is 26.7. The van der Waals surface area contributed by atoms with Gasteiger partial charge in [0.25, 0.3) is 0 Å². The molecule has 1 aromatic rings. The third-order valence-electron chi connectivity index (χ3n) is 3.42. The van der Waals surface area contributed by atoms with Gasteiger partial charge in [-0.25, -0.2) is 8.42 Å². The second-order valence-electron chi connectivity index (χ2n) is 4.54. The molecule has 0 spiro atoms. The Bertz CT molecular complexity index is 467. The second-order valence-corrected chi connectivity index (χ2v) is 6.40. The Hall–Kier alpha value is -0.910. The molecule has 18 heavy (non-hydrogen) atoms. The van der Waals surface area contributed by atoms with Gasteiger partial charge in [0.05, 0.1) is 4.90 Å². The summed E-state index contributed by atoms with van der Waals surface area (Å²) in [6, 6.07) is 8.49. The highest BCUT2D eigenvalue weighted by atomic mass is 32.2. The highest BCUT2D eigenvalue weighted by molar-refractivity contribution is 7.89. The van der Waals surface area contributed by atoms with Gasteiger partial charge in [0.2, 0.25) is 10.0 Å². The standard InChI is InChI=1S/C13H22N2O2S/c1-4-13(3,11-14)15(5-2)18(16,17)12-9-7-6-8-10-12/h6-10H,4-5,11,14H2,1-3H3. The Balaban J connectivity index is 3.25. The summed E-state index contributed by atoms with van der Waals surface area (Å²) in [6.07, 6.45) is 0.684. The molecule has 0 saturated carbocycles. The third-order valence-corrected chi connectivity index (χ3v) is 5.57. The molecule has 0 saturated heterocycles. The van der Waals surface area contributed by atoms with E-state index in [1.54, 1.807) is 30.3 Å². The molecule has 0 bridgehead atoms. The monoisotopic (exact) mass is 270 g/mol. The minimum absolute atomic E-state index is 0.309. The topological polar surface area (TPSA) is 63.4 Å². The molecule has 5 heteroatoms. The van der Waals surface area contributed by atoms with E-state index in [1.807, 2.05) is 20.8 Å². The smallest absolute Gasteiger partial charge is 0.243 e. The Labute approximate surface area is 110 Å². The number of nitrogens with zero attached hydrogens (tertiary/aromatic N) is 1. The summed E-state index contributed by atoms with van der Waals surface area (Å²) in [5.41, 5.74) is 5.22.